The highest BCUT2D eigenvalue weighted by Crippen LogP contribution is 2.40. The average molecular weight is 737 g/mol. The Morgan fingerprint density at radius 2 is 1.87 bits per heavy atom. The molecule has 4 bridgehead atoms. The normalized spacial score (nSPS) is 32.5. The summed E-state index contributed by atoms with van der Waals surface area (Å²) in [6, 6.07) is 3.32. The summed E-state index contributed by atoms with van der Waals surface area (Å²) in [5.41, 5.74) is 3.92. The second-order valence-corrected chi connectivity index (χ2v) is 15.7. The van der Waals surface area contributed by atoms with E-state index in [9.17, 15) is 19.5 Å². The quantitative estimate of drug-likeness (QED) is 0.193. The van der Waals surface area contributed by atoms with Crippen molar-refractivity contribution in [2.45, 2.75) is 105 Å². The third-order valence-electron chi connectivity index (χ3n) is 10.3. The third-order valence-corrected chi connectivity index (χ3v) is 10.3. The first-order chi connectivity index (χ1) is 25.2. The maximum Gasteiger partial charge on any atom is 0.318 e. The van der Waals surface area contributed by atoms with Gasteiger partial charge in [0.15, 0.2) is 18.3 Å². The second kappa shape index (κ2) is 17.4. The SMILES string of the molecule is COC/C=C/C(C)=C1\COC(CC(C)C)\C1=C/C1N=C2OC1COC(=O)[C@@H](CC(C)C)CC(=O)OC1C(OC(=O)C1(C)CO)/C(C)=C/Cc1ccc2[nH]1. The Kier molecular flexibility index (Phi) is 13.2. The number of aromatic nitrogens is 1. The first-order valence-electron chi connectivity index (χ1n) is 18.7. The van der Waals surface area contributed by atoms with Gasteiger partial charge < -0.3 is 38.5 Å². The van der Waals surface area contributed by atoms with Gasteiger partial charge in [-0.1, -0.05) is 45.9 Å². The number of fused-ring (bicyclic) bond motifs is 6. The number of aliphatic hydroxyl groups is 1. The minimum atomic E-state index is -1.46. The topological polar surface area (TPSA) is 155 Å². The molecule has 0 aliphatic carbocycles. The molecular weight excluding hydrogens is 680 g/mol. The van der Waals surface area contributed by atoms with E-state index in [1.54, 1.807) is 14.0 Å². The summed E-state index contributed by atoms with van der Waals surface area (Å²) in [5.74, 6) is -1.85. The first kappa shape index (κ1) is 40.2. The number of aliphatic hydroxyl groups excluding tert-OH is 1. The number of methoxy groups -OCH3 is 1. The Hall–Kier alpha value is -4.00. The summed E-state index contributed by atoms with van der Waals surface area (Å²) >= 11 is 0. The van der Waals surface area contributed by atoms with Gasteiger partial charge in [0.1, 0.15) is 23.8 Å². The van der Waals surface area contributed by atoms with E-state index >= 15 is 0 Å². The largest absolute Gasteiger partial charge is 0.467 e. The van der Waals surface area contributed by atoms with Crippen LogP contribution >= 0.6 is 0 Å². The fraction of sp³-hybridized carbons (Fsp3) is 0.610. The number of carbonyl (C=O) groups excluding carboxylic acids is 3. The lowest BCUT2D eigenvalue weighted by molar-refractivity contribution is -0.164. The number of aromatic amines is 1. The number of aliphatic imine (C=N–C) groups is 1. The number of carbonyl (C=O) groups is 3. The fourth-order valence-electron chi connectivity index (χ4n) is 7.22. The van der Waals surface area contributed by atoms with Crippen molar-refractivity contribution >= 4 is 23.8 Å². The van der Waals surface area contributed by atoms with E-state index in [1.807, 2.05) is 44.2 Å². The van der Waals surface area contributed by atoms with Crippen molar-refractivity contribution < 1.29 is 47.9 Å². The standard InChI is InChI=1S/C41H56N2O10/c1-23(2)16-27-18-35(45)52-37-36(53-40(47)41(37,7)22-44)26(6)11-12-28-13-14-31(42-28)38-43-32(34(51-38)21-50-39(27)46)19-29-30(25(5)10-9-15-48-8)20-49-33(29)17-24(3)4/h9-11,13-14,19,23-24,27,32-34,36-37,42,44H,12,15-18,20-22H2,1-8H3/b10-9+,26-11+,29-19-,30-25+/t27-,32?,33?,34?,36?,37?,41?/m0/s1. The molecule has 1 aromatic heterocycles. The Morgan fingerprint density at radius 3 is 2.57 bits per heavy atom. The van der Waals surface area contributed by atoms with E-state index < -0.39 is 60.2 Å². The van der Waals surface area contributed by atoms with Crippen LogP contribution in [0, 0.1) is 23.2 Å². The van der Waals surface area contributed by atoms with Gasteiger partial charge in [-0.25, -0.2) is 4.99 Å². The molecule has 12 nitrogen and oxygen atoms in total. The van der Waals surface area contributed by atoms with Gasteiger partial charge in [0, 0.05) is 19.2 Å². The molecule has 0 amide bonds. The van der Waals surface area contributed by atoms with Crippen LogP contribution in [0.4, 0.5) is 0 Å². The molecule has 0 aromatic carbocycles. The minimum Gasteiger partial charge on any atom is -0.467 e. The number of nitrogens with zero attached hydrogens (tertiary/aromatic N) is 1. The summed E-state index contributed by atoms with van der Waals surface area (Å²) < 4.78 is 35.6. The zero-order valence-corrected chi connectivity index (χ0v) is 32.3. The van der Waals surface area contributed by atoms with Gasteiger partial charge in [-0.2, -0.15) is 0 Å². The fourth-order valence-corrected chi connectivity index (χ4v) is 7.22. The number of esters is 3. The Morgan fingerprint density at radius 1 is 1.11 bits per heavy atom. The number of cyclic esters (lactones) is 1. The molecule has 12 heteroatoms. The van der Waals surface area contributed by atoms with Crippen LogP contribution < -0.4 is 0 Å². The molecular formula is C41H56N2O10. The summed E-state index contributed by atoms with van der Waals surface area (Å²) in [7, 11) is 1.66. The lowest BCUT2D eigenvalue weighted by Crippen LogP contribution is -2.43. The van der Waals surface area contributed by atoms with Crippen LogP contribution in [0.15, 0.2) is 63.7 Å². The van der Waals surface area contributed by atoms with Crippen LogP contribution in [0.2, 0.25) is 0 Å². The van der Waals surface area contributed by atoms with E-state index in [2.05, 4.69) is 31.8 Å². The van der Waals surface area contributed by atoms with Gasteiger partial charge in [-0.15, -0.1) is 0 Å². The molecule has 5 heterocycles. The van der Waals surface area contributed by atoms with Crippen molar-refractivity contribution in [1.82, 2.24) is 4.98 Å². The molecule has 7 atom stereocenters. The van der Waals surface area contributed by atoms with E-state index in [-0.39, 0.29) is 25.0 Å². The summed E-state index contributed by atoms with van der Waals surface area (Å²) in [5, 5.41) is 10.3. The second-order valence-electron chi connectivity index (χ2n) is 15.7. The predicted molar refractivity (Wildman–Crippen MR) is 198 cm³/mol. The van der Waals surface area contributed by atoms with Gasteiger partial charge >= 0.3 is 17.9 Å². The minimum absolute atomic E-state index is 0.0686. The molecule has 4 aliphatic heterocycles. The third kappa shape index (κ3) is 9.39. The van der Waals surface area contributed by atoms with Gasteiger partial charge in [-0.3, -0.25) is 14.4 Å². The highest BCUT2D eigenvalue weighted by atomic mass is 16.6. The molecule has 0 spiro atoms. The Bertz CT molecular complexity index is 1670. The van der Waals surface area contributed by atoms with E-state index in [0.29, 0.717) is 49.1 Å². The molecule has 290 valence electrons. The number of hydrogen-bond acceptors (Lipinski definition) is 11. The number of hydrogen-bond donors (Lipinski definition) is 2. The molecule has 2 N–H and O–H groups in total. The lowest BCUT2D eigenvalue weighted by atomic mass is 9.83. The molecule has 4 aliphatic rings. The Labute approximate surface area is 312 Å². The number of allylic oxidation sites excluding steroid dienone is 3. The van der Waals surface area contributed by atoms with Crippen molar-refractivity contribution in [3.05, 3.63) is 70.1 Å². The Balaban J connectivity index is 1.53. The zero-order valence-electron chi connectivity index (χ0n) is 32.3. The van der Waals surface area contributed by atoms with E-state index in [4.69, 9.17) is 33.4 Å². The summed E-state index contributed by atoms with van der Waals surface area (Å²) in [4.78, 5) is 48.7. The predicted octanol–water partition coefficient (Wildman–Crippen LogP) is 5.35. The van der Waals surface area contributed by atoms with Gasteiger partial charge in [0.25, 0.3) is 0 Å². The number of H-pyrrole nitrogens is 1. The molecule has 1 aromatic rings. The van der Waals surface area contributed by atoms with Crippen LogP contribution in [0.3, 0.4) is 0 Å². The maximum absolute atomic E-state index is 13.8. The van der Waals surface area contributed by atoms with Crippen molar-refractivity contribution in [2.75, 3.05) is 33.5 Å². The lowest BCUT2D eigenvalue weighted by Gasteiger charge is -2.28. The molecule has 2 saturated heterocycles. The van der Waals surface area contributed by atoms with Crippen LogP contribution in [-0.4, -0.2) is 97.9 Å². The average Bonchev–Trinajstić information content (AvgIpc) is 3.89. The van der Waals surface area contributed by atoms with E-state index in [1.165, 1.54) is 6.92 Å². The van der Waals surface area contributed by atoms with Crippen molar-refractivity contribution in [2.24, 2.45) is 28.2 Å². The monoisotopic (exact) mass is 736 g/mol. The molecule has 53 heavy (non-hydrogen) atoms. The molecule has 0 radical (unpaired) electrons. The first-order valence-corrected chi connectivity index (χ1v) is 18.7. The zero-order chi connectivity index (χ0) is 38.4. The highest BCUT2D eigenvalue weighted by molar-refractivity contribution is 5.94. The van der Waals surface area contributed by atoms with Crippen molar-refractivity contribution in [3.63, 3.8) is 0 Å². The van der Waals surface area contributed by atoms with Crippen LogP contribution in [-0.2, 0) is 49.2 Å². The molecule has 6 unspecified atom stereocenters. The number of rotatable bonds is 9. The van der Waals surface area contributed by atoms with Crippen LogP contribution in [0.25, 0.3) is 0 Å². The van der Waals surface area contributed by atoms with Gasteiger partial charge in [0.2, 0.25) is 5.90 Å². The molecule has 5 rings (SSSR count). The highest BCUT2D eigenvalue weighted by Gasteiger charge is 2.57. The summed E-state index contributed by atoms with van der Waals surface area (Å²) in [6.45, 7) is 13.9. The van der Waals surface area contributed by atoms with Crippen LogP contribution in [0.1, 0.15) is 79.1 Å². The molecule has 0 saturated carbocycles. The van der Waals surface area contributed by atoms with Crippen LogP contribution in [0.5, 0.6) is 0 Å². The smallest absolute Gasteiger partial charge is 0.318 e. The van der Waals surface area contributed by atoms with Crippen molar-refractivity contribution in [3.8, 4) is 0 Å². The van der Waals surface area contributed by atoms with E-state index in [0.717, 1.165) is 28.8 Å². The number of nitrogens with one attached hydrogen (secondary N) is 1. The van der Waals surface area contributed by atoms with Crippen molar-refractivity contribution in [1.29, 1.82) is 0 Å². The summed E-state index contributed by atoms with van der Waals surface area (Å²) in [6.07, 6.45) is 6.64. The number of ether oxygens (including phenoxy) is 6. The molecule has 2 fully saturated rings. The maximum atomic E-state index is 13.8. The van der Waals surface area contributed by atoms with Gasteiger partial charge in [-0.05, 0) is 85.9 Å². The van der Waals surface area contributed by atoms with Gasteiger partial charge in [0.05, 0.1) is 38.3 Å².